The first-order valence-electron chi connectivity index (χ1n) is 8.27. The molecule has 2 aliphatic rings. The summed E-state index contributed by atoms with van der Waals surface area (Å²) in [5, 5.41) is 9.75. The van der Waals surface area contributed by atoms with Gasteiger partial charge in [0.25, 0.3) is 0 Å². The summed E-state index contributed by atoms with van der Waals surface area (Å²) in [5.41, 5.74) is -0.383. The van der Waals surface area contributed by atoms with Crippen LogP contribution in [0.25, 0.3) is 0 Å². The molecule has 3 unspecified atom stereocenters. The molecule has 0 radical (unpaired) electrons. The number of aliphatic carboxylic acids is 1. The van der Waals surface area contributed by atoms with Gasteiger partial charge < -0.3 is 5.11 Å². The quantitative estimate of drug-likeness (QED) is 0.834. The van der Waals surface area contributed by atoms with Crippen LogP contribution in [0, 0.1) is 11.3 Å². The fraction of sp³-hybridized carbons (Fsp3) is 0.941. The van der Waals surface area contributed by atoms with Crippen LogP contribution in [0.2, 0.25) is 0 Å². The summed E-state index contributed by atoms with van der Waals surface area (Å²) in [6.07, 6.45) is 7.98. The van der Waals surface area contributed by atoms with Crippen LogP contribution < -0.4 is 0 Å². The Kier molecular flexibility index (Phi) is 4.48. The van der Waals surface area contributed by atoms with Crippen molar-refractivity contribution in [2.75, 3.05) is 6.54 Å². The molecule has 2 rings (SSSR count). The number of carboxylic acid groups (broad SMARTS) is 1. The molecule has 20 heavy (non-hydrogen) atoms. The van der Waals surface area contributed by atoms with Crippen LogP contribution in [-0.4, -0.2) is 34.1 Å². The van der Waals surface area contributed by atoms with E-state index in [4.69, 9.17) is 0 Å². The van der Waals surface area contributed by atoms with E-state index in [-0.39, 0.29) is 5.41 Å². The van der Waals surface area contributed by atoms with Gasteiger partial charge in [-0.2, -0.15) is 0 Å². The van der Waals surface area contributed by atoms with Crippen LogP contribution in [0.4, 0.5) is 0 Å². The van der Waals surface area contributed by atoms with E-state index in [1.165, 1.54) is 25.7 Å². The first kappa shape index (κ1) is 15.8. The maximum absolute atomic E-state index is 11.8. The second-order valence-electron chi connectivity index (χ2n) is 8.05. The standard InChI is InChI=1S/C17H31NO2/c1-16(2,3)13-9-5-6-10-14(13)18-12-8-7-11-17(18,4)15(19)20/h13-14H,5-12H2,1-4H3,(H,19,20). The molecule has 0 aromatic carbocycles. The molecule has 3 heteroatoms. The third-order valence-corrected chi connectivity index (χ3v) is 5.65. The number of rotatable bonds is 2. The molecule has 2 fully saturated rings. The first-order chi connectivity index (χ1) is 9.27. The van der Waals surface area contributed by atoms with Gasteiger partial charge in [0.05, 0.1) is 0 Å². The maximum Gasteiger partial charge on any atom is 0.323 e. The molecular weight excluding hydrogens is 250 g/mol. The predicted molar refractivity (Wildman–Crippen MR) is 81.8 cm³/mol. The minimum atomic E-state index is -0.649. The van der Waals surface area contributed by atoms with Gasteiger partial charge in [-0.25, -0.2) is 0 Å². The molecule has 3 atom stereocenters. The van der Waals surface area contributed by atoms with E-state index < -0.39 is 11.5 Å². The Hall–Kier alpha value is -0.570. The highest BCUT2D eigenvalue weighted by Gasteiger charge is 2.48. The van der Waals surface area contributed by atoms with Crippen molar-refractivity contribution in [3.8, 4) is 0 Å². The second-order valence-corrected chi connectivity index (χ2v) is 8.05. The molecule has 116 valence electrons. The summed E-state index contributed by atoms with van der Waals surface area (Å²) in [5.74, 6) is -0.0107. The lowest BCUT2D eigenvalue weighted by molar-refractivity contribution is -0.158. The molecule has 1 saturated heterocycles. The van der Waals surface area contributed by atoms with E-state index in [2.05, 4.69) is 25.7 Å². The Morgan fingerprint density at radius 1 is 1.15 bits per heavy atom. The fourth-order valence-corrected chi connectivity index (χ4v) is 4.40. The van der Waals surface area contributed by atoms with Crippen molar-refractivity contribution < 1.29 is 9.90 Å². The van der Waals surface area contributed by atoms with Crippen molar-refractivity contribution in [1.82, 2.24) is 4.90 Å². The van der Waals surface area contributed by atoms with Crippen molar-refractivity contribution >= 4 is 5.97 Å². The Labute approximate surface area is 123 Å². The molecule has 0 bridgehead atoms. The SMILES string of the molecule is CC(C)(C)C1CCCCC1N1CCCCC1(C)C(=O)O. The lowest BCUT2D eigenvalue weighted by Gasteiger charge is -2.52. The van der Waals surface area contributed by atoms with Gasteiger partial charge in [-0.05, 0) is 56.9 Å². The number of carboxylic acids is 1. The van der Waals surface area contributed by atoms with Crippen LogP contribution in [0.15, 0.2) is 0 Å². The Bertz CT molecular complexity index is 360. The minimum Gasteiger partial charge on any atom is -0.480 e. The molecule has 1 aliphatic heterocycles. The van der Waals surface area contributed by atoms with Crippen molar-refractivity contribution in [2.45, 2.75) is 84.2 Å². The topological polar surface area (TPSA) is 40.5 Å². The molecule has 0 amide bonds. The third-order valence-electron chi connectivity index (χ3n) is 5.65. The highest BCUT2D eigenvalue weighted by molar-refractivity contribution is 5.78. The molecule has 0 aromatic heterocycles. The lowest BCUT2D eigenvalue weighted by Crippen LogP contribution is -2.62. The minimum absolute atomic E-state index is 0.266. The largest absolute Gasteiger partial charge is 0.480 e. The van der Waals surface area contributed by atoms with Gasteiger partial charge in [0, 0.05) is 6.04 Å². The average molecular weight is 281 g/mol. The first-order valence-corrected chi connectivity index (χ1v) is 8.27. The number of nitrogens with zero attached hydrogens (tertiary/aromatic N) is 1. The molecule has 1 N–H and O–H groups in total. The Morgan fingerprint density at radius 3 is 2.40 bits per heavy atom. The molecule has 1 aliphatic carbocycles. The van der Waals surface area contributed by atoms with E-state index in [9.17, 15) is 9.90 Å². The van der Waals surface area contributed by atoms with E-state index in [1.807, 2.05) is 6.92 Å². The van der Waals surface area contributed by atoms with Gasteiger partial charge in [0.15, 0.2) is 0 Å². The van der Waals surface area contributed by atoms with Gasteiger partial charge in [-0.1, -0.05) is 33.6 Å². The third kappa shape index (κ3) is 2.88. The zero-order chi connectivity index (χ0) is 15.0. The van der Waals surface area contributed by atoms with Gasteiger partial charge in [-0.3, -0.25) is 9.69 Å². The molecule has 3 nitrogen and oxygen atoms in total. The number of hydrogen-bond acceptors (Lipinski definition) is 2. The van der Waals surface area contributed by atoms with E-state index in [0.717, 1.165) is 25.8 Å². The summed E-state index contributed by atoms with van der Waals surface area (Å²) < 4.78 is 0. The number of piperidine rings is 1. The zero-order valence-electron chi connectivity index (χ0n) is 13.6. The second kappa shape index (κ2) is 5.67. The maximum atomic E-state index is 11.8. The normalized spacial score (nSPS) is 36.8. The van der Waals surface area contributed by atoms with Crippen LogP contribution in [0.5, 0.6) is 0 Å². The number of likely N-dealkylation sites (tertiary alicyclic amines) is 1. The number of carbonyl (C=O) groups is 1. The van der Waals surface area contributed by atoms with Crippen LogP contribution in [-0.2, 0) is 4.79 Å². The molecule has 1 heterocycles. The Balaban J connectivity index is 2.27. The van der Waals surface area contributed by atoms with Crippen molar-refractivity contribution in [3.05, 3.63) is 0 Å². The van der Waals surface area contributed by atoms with Crippen LogP contribution in [0.1, 0.15) is 72.6 Å². The van der Waals surface area contributed by atoms with E-state index >= 15 is 0 Å². The molecule has 0 aromatic rings. The van der Waals surface area contributed by atoms with E-state index in [0.29, 0.717) is 12.0 Å². The lowest BCUT2D eigenvalue weighted by atomic mass is 9.67. The van der Waals surface area contributed by atoms with Gasteiger partial charge in [0.2, 0.25) is 0 Å². The highest BCUT2D eigenvalue weighted by Crippen LogP contribution is 2.44. The smallest absolute Gasteiger partial charge is 0.323 e. The van der Waals surface area contributed by atoms with Gasteiger partial charge >= 0.3 is 5.97 Å². The van der Waals surface area contributed by atoms with Crippen molar-refractivity contribution in [3.63, 3.8) is 0 Å². The van der Waals surface area contributed by atoms with Crippen molar-refractivity contribution in [1.29, 1.82) is 0 Å². The summed E-state index contributed by atoms with van der Waals surface area (Å²) in [6, 6.07) is 0.449. The van der Waals surface area contributed by atoms with E-state index in [1.54, 1.807) is 0 Å². The summed E-state index contributed by atoms with van der Waals surface area (Å²) in [4.78, 5) is 14.2. The monoisotopic (exact) mass is 281 g/mol. The summed E-state index contributed by atoms with van der Waals surface area (Å²) in [7, 11) is 0. The number of hydrogen-bond donors (Lipinski definition) is 1. The van der Waals surface area contributed by atoms with Crippen molar-refractivity contribution in [2.24, 2.45) is 11.3 Å². The predicted octanol–water partition coefficient (Wildman–Crippen LogP) is 3.92. The van der Waals surface area contributed by atoms with Crippen LogP contribution >= 0.6 is 0 Å². The summed E-state index contributed by atoms with van der Waals surface area (Å²) >= 11 is 0. The fourth-order valence-electron chi connectivity index (χ4n) is 4.40. The molecule has 0 spiro atoms. The molecule has 1 saturated carbocycles. The van der Waals surface area contributed by atoms with Gasteiger partial charge in [-0.15, -0.1) is 0 Å². The summed E-state index contributed by atoms with van der Waals surface area (Å²) in [6.45, 7) is 9.86. The van der Waals surface area contributed by atoms with Crippen LogP contribution in [0.3, 0.4) is 0 Å². The average Bonchev–Trinajstić information content (AvgIpc) is 2.38. The highest BCUT2D eigenvalue weighted by atomic mass is 16.4. The molecular formula is C17H31NO2. The zero-order valence-corrected chi connectivity index (χ0v) is 13.6. The van der Waals surface area contributed by atoms with Gasteiger partial charge in [0.1, 0.15) is 5.54 Å². The Morgan fingerprint density at radius 2 is 1.80 bits per heavy atom.